The Bertz CT molecular complexity index is 930. The Morgan fingerprint density at radius 1 is 1.07 bits per heavy atom. The molecule has 0 bridgehead atoms. The Hall–Kier alpha value is -3.15. The first-order valence-corrected chi connectivity index (χ1v) is 9.68. The minimum Gasteiger partial charge on any atom is -0.497 e. The number of benzene rings is 1. The second kappa shape index (κ2) is 8.69. The average molecular weight is 376 g/mol. The normalized spacial score (nSPS) is 13.8. The van der Waals surface area contributed by atoms with Crippen LogP contribution in [0.25, 0.3) is 22.8 Å². The van der Waals surface area contributed by atoms with Crippen molar-refractivity contribution in [3.8, 4) is 28.6 Å². The maximum Gasteiger partial charge on any atom is 0.259 e. The van der Waals surface area contributed by atoms with Crippen LogP contribution in [0.2, 0.25) is 0 Å². The Morgan fingerprint density at radius 3 is 2.64 bits per heavy atom. The van der Waals surface area contributed by atoms with E-state index in [-0.39, 0.29) is 0 Å². The Morgan fingerprint density at radius 2 is 1.93 bits per heavy atom. The van der Waals surface area contributed by atoms with Crippen molar-refractivity contribution in [3.63, 3.8) is 0 Å². The number of aromatic nitrogens is 3. The highest BCUT2D eigenvalue weighted by Crippen LogP contribution is 2.24. The first-order chi connectivity index (χ1) is 13.8. The molecular weight excluding hydrogens is 352 g/mol. The van der Waals surface area contributed by atoms with Crippen LogP contribution in [0.3, 0.4) is 0 Å². The lowest BCUT2D eigenvalue weighted by molar-refractivity contribution is 0.415. The summed E-state index contributed by atoms with van der Waals surface area (Å²) >= 11 is 0. The van der Waals surface area contributed by atoms with Gasteiger partial charge in [0.1, 0.15) is 11.6 Å². The first-order valence-electron chi connectivity index (χ1n) is 9.68. The standard InChI is InChI=1S/C22H24N4O2/c1-27-19-10-7-17(8-11-19)21-25-22(28-26-21)18-9-12-20(24-15-18)23-14-13-16-5-3-2-4-6-16/h5,7-12,15H,2-4,6,13-14H2,1H3,(H,23,24). The van der Waals surface area contributed by atoms with E-state index in [9.17, 15) is 0 Å². The van der Waals surface area contributed by atoms with E-state index in [0.29, 0.717) is 11.7 Å². The van der Waals surface area contributed by atoms with Gasteiger partial charge in [0, 0.05) is 18.3 Å². The number of ether oxygens (including phenoxy) is 1. The number of rotatable bonds is 7. The highest BCUT2D eigenvalue weighted by atomic mass is 16.5. The molecule has 1 aliphatic rings. The molecule has 0 saturated carbocycles. The number of hydrogen-bond donors (Lipinski definition) is 1. The maximum absolute atomic E-state index is 5.40. The van der Waals surface area contributed by atoms with Gasteiger partial charge in [0.25, 0.3) is 5.89 Å². The van der Waals surface area contributed by atoms with Crippen LogP contribution in [0.15, 0.2) is 58.8 Å². The van der Waals surface area contributed by atoms with Gasteiger partial charge >= 0.3 is 0 Å². The van der Waals surface area contributed by atoms with E-state index in [1.165, 1.54) is 25.7 Å². The van der Waals surface area contributed by atoms with Crippen LogP contribution in [0.1, 0.15) is 32.1 Å². The number of methoxy groups -OCH3 is 1. The van der Waals surface area contributed by atoms with Crippen molar-refractivity contribution in [3.05, 3.63) is 54.2 Å². The SMILES string of the molecule is COc1ccc(-c2noc(-c3ccc(NCCC4=CCCCC4)nc3)n2)cc1. The molecule has 0 atom stereocenters. The van der Waals surface area contributed by atoms with Gasteiger partial charge < -0.3 is 14.6 Å². The molecule has 0 saturated heterocycles. The predicted octanol–water partition coefficient (Wildman–Crippen LogP) is 5.11. The van der Waals surface area contributed by atoms with Gasteiger partial charge in [0.2, 0.25) is 5.82 Å². The summed E-state index contributed by atoms with van der Waals surface area (Å²) in [6, 6.07) is 11.4. The molecule has 144 valence electrons. The van der Waals surface area contributed by atoms with E-state index >= 15 is 0 Å². The van der Waals surface area contributed by atoms with Crippen LogP contribution in [0, 0.1) is 0 Å². The summed E-state index contributed by atoms with van der Waals surface area (Å²) in [6.07, 6.45) is 10.3. The van der Waals surface area contributed by atoms with E-state index < -0.39 is 0 Å². The van der Waals surface area contributed by atoms with Gasteiger partial charge in [0.15, 0.2) is 0 Å². The fourth-order valence-corrected chi connectivity index (χ4v) is 3.31. The van der Waals surface area contributed by atoms with Crippen molar-refractivity contribution >= 4 is 5.82 Å². The van der Waals surface area contributed by atoms with Gasteiger partial charge in [-0.3, -0.25) is 0 Å². The Kier molecular flexibility index (Phi) is 5.66. The van der Waals surface area contributed by atoms with Crippen LogP contribution in [-0.4, -0.2) is 28.8 Å². The van der Waals surface area contributed by atoms with Crippen molar-refractivity contribution in [1.82, 2.24) is 15.1 Å². The van der Waals surface area contributed by atoms with Gasteiger partial charge in [-0.2, -0.15) is 4.98 Å². The van der Waals surface area contributed by atoms with Gasteiger partial charge in [-0.1, -0.05) is 16.8 Å². The number of anilines is 1. The summed E-state index contributed by atoms with van der Waals surface area (Å²) in [5.74, 6) is 2.65. The zero-order chi connectivity index (χ0) is 19.2. The quantitative estimate of drug-likeness (QED) is 0.578. The molecule has 28 heavy (non-hydrogen) atoms. The summed E-state index contributed by atoms with van der Waals surface area (Å²) in [7, 11) is 1.64. The van der Waals surface area contributed by atoms with E-state index in [2.05, 4.69) is 26.5 Å². The Labute approximate surface area is 164 Å². The highest BCUT2D eigenvalue weighted by Gasteiger charge is 2.11. The third-order valence-electron chi connectivity index (χ3n) is 4.92. The lowest BCUT2D eigenvalue weighted by Gasteiger charge is -2.13. The molecule has 1 aromatic carbocycles. The largest absolute Gasteiger partial charge is 0.497 e. The molecule has 4 rings (SSSR count). The van der Waals surface area contributed by atoms with Crippen LogP contribution in [0.5, 0.6) is 5.75 Å². The number of pyridine rings is 1. The summed E-state index contributed by atoms with van der Waals surface area (Å²) in [5.41, 5.74) is 3.24. The Balaban J connectivity index is 1.37. The summed E-state index contributed by atoms with van der Waals surface area (Å²) in [6.45, 7) is 0.903. The molecule has 0 radical (unpaired) electrons. The van der Waals surface area contributed by atoms with Crippen LogP contribution >= 0.6 is 0 Å². The molecule has 6 nitrogen and oxygen atoms in total. The minimum atomic E-state index is 0.456. The molecule has 0 fully saturated rings. The summed E-state index contributed by atoms with van der Waals surface area (Å²) in [5, 5.41) is 7.45. The van der Waals surface area contributed by atoms with Crippen LogP contribution in [0.4, 0.5) is 5.82 Å². The van der Waals surface area contributed by atoms with Crippen LogP contribution < -0.4 is 10.1 Å². The second-order valence-corrected chi connectivity index (χ2v) is 6.87. The van der Waals surface area contributed by atoms with E-state index in [1.807, 2.05) is 36.4 Å². The molecule has 1 aliphatic carbocycles. The average Bonchev–Trinajstić information content (AvgIpc) is 3.25. The summed E-state index contributed by atoms with van der Waals surface area (Å²) < 4.78 is 10.6. The van der Waals surface area contributed by atoms with Crippen molar-refractivity contribution in [2.45, 2.75) is 32.1 Å². The van der Waals surface area contributed by atoms with Gasteiger partial charge in [0.05, 0.1) is 12.7 Å². The molecule has 2 heterocycles. The predicted molar refractivity (Wildman–Crippen MR) is 109 cm³/mol. The molecule has 1 N–H and O–H groups in total. The molecule has 2 aromatic heterocycles. The van der Waals surface area contributed by atoms with E-state index in [0.717, 1.165) is 35.7 Å². The lowest BCUT2D eigenvalue weighted by atomic mass is 9.97. The molecule has 6 heteroatoms. The van der Waals surface area contributed by atoms with Crippen molar-refractivity contribution in [2.75, 3.05) is 19.0 Å². The minimum absolute atomic E-state index is 0.456. The van der Waals surface area contributed by atoms with Crippen molar-refractivity contribution < 1.29 is 9.26 Å². The lowest BCUT2D eigenvalue weighted by Crippen LogP contribution is -2.05. The van der Waals surface area contributed by atoms with Crippen LogP contribution in [-0.2, 0) is 0 Å². The highest BCUT2D eigenvalue weighted by molar-refractivity contribution is 5.60. The summed E-state index contributed by atoms with van der Waals surface area (Å²) in [4.78, 5) is 8.94. The molecular formula is C22H24N4O2. The van der Waals surface area contributed by atoms with E-state index in [4.69, 9.17) is 9.26 Å². The van der Waals surface area contributed by atoms with E-state index in [1.54, 1.807) is 18.9 Å². The third-order valence-corrected chi connectivity index (χ3v) is 4.92. The topological polar surface area (TPSA) is 73.1 Å². The third kappa shape index (κ3) is 4.39. The fourth-order valence-electron chi connectivity index (χ4n) is 3.31. The molecule has 0 aliphatic heterocycles. The molecule has 0 spiro atoms. The number of hydrogen-bond acceptors (Lipinski definition) is 6. The molecule has 0 amide bonds. The monoisotopic (exact) mass is 376 g/mol. The van der Waals surface area contributed by atoms with Crippen molar-refractivity contribution in [2.24, 2.45) is 0 Å². The first kappa shape index (κ1) is 18.2. The fraction of sp³-hybridized carbons (Fsp3) is 0.318. The van der Waals surface area contributed by atoms with Crippen molar-refractivity contribution in [1.29, 1.82) is 0 Å². The van der Waals surface area contributed by atoms with Gasteiger partial charge in [-0.15, -0.1) is 0 Å². The zero-order valence-corrected chi connectivity index (χ0v) is 16.0. The van der Waals surface area contributed by atoms with Gasteiger partial charge in [-0.25, -0.2) is 4.98 Å². The molecule has 0 unspecified atom stereocenters. The molecule has 3 aromatic rings. The number of allylic oxidation sites excluding steroid dienone is 1. The smallest absolute Gasteiger partial charge is 0.259 e. The van der Waals surface area contributed by atoms with Gasteiger partial charge in [-0.05, 0) is 68.5 Å². The second-order valence-electron chi connectivity index (χ2n) is 6.87. The maximum atomic E-state index is 5.40. The number of nitrogens with zero attached hydrogens (tertiary/aromatic N) is 3. The zero-order valence-electron chi connectivity index (χ0n) is 16.0. The number of nitrogens with one attached hydrogen (secondary N) is 1.